The number of halogens is 1. The lowest BCUT2D eigenvalue weighted by atomic mass is 9.96. The molecule has 8 heteroatoms. The number of hydrogen-bond acceptors (Lipinski definition) is 5. The van der Waals surface area contributed by atoms with E-state index < -0.39 is 0 Å². The molecule has 1 aliphatic heterocycles. The summed E-state index contributed by atoms with van der Waals surface area (Å²) < 4.78 is 14.8. The molecular weight excluding hydrogens is 573 g/mol. The number of likely N-dealkylation sites (N-methyl/N-ethyl adjacent to an activating group) is 1. The van der Waals surface area contributed by atoms with Crippen LogP contribution < -0.4 is 5.32 Å². The number of piperidine rings is 1. The molecule has 0 unspecified atom stereocenters. The molecule has 0 amide bonds. The minimum atomic E-state index is -0.298. The number of likely N-dealkylation sites (tertiary alicyclic amines) is 1. The predicted octanol–water partition coefficient (Wildman–Crippen LogP) is 7.99. The van der Waals surface area contributed by atoms with Crippen LogP contribution >= 0.6 is 0 Å². The highest BCUT2D eigenvalue weighted by atomic mass is 19.1. The van der Waals surface area contributed by atoms with Gasteiger partial charge in [-0.25, -0.2) is 9.37 Å². The molecule has 0 spiro atoms. The van der Waals surface area contributed by atoms with E-state index >= 15 is 0 Å². The zero-order valence-corrected chi connectivity index (χ0v) is 27.6. The fourth-order valence-electron chi connectivity index (χ4n) is 5.99. The van der Waals surface area contributed by atoms with Crippen molar-refractivity contribution in [3.63, 3.8) is 0 Å². The number of anilines is 1. The summed E-state index contributed by atoms with van der Waals surface area (Å²) in [5, 5.41) is 11.2. The summed E-state index contributed by atoms with van der Waals surface area (Å²) in [6.07, 6.45) is 13.7. The highest BCUT2D eigenvalue weighted by Crippen LogP contribution is 2.34. The third-order valence-corrected chi connectivity index (χ3v) is 8.41. The SMILES string of the molecule is C=C/C=C(/c1cc(F)cc(NCCN(C)C)c1)c1cc(-c2n[nH]c3ccc(C(/C=C(\C=C)CN4CCCCC4)=C/C)nc23)[nH]c1C. The van der Waals surface area contributed by atoms with Gasteiger partial charge in [-0.3, -0.25) is 10.00 Å². The largest absolute Gasteiger partial charge is 0.384 e. The molecular formula is C38H46FN7. The summed E-state index contributed by atoms with van der Waals surface area (Å²) in [6, 6.07) is 11.2. The summed E-state index contributed by atoms with van der Waals surface area (Å²) in [5.41, 5.74) is 10.5. The number of nitrogens with one attached hydrogen (secondary N) is 3. The second-order valence-electron chi connectivity index (χ2n) is 12.2. The van der Waals surface area contributed by atoms with E-state index in [0.717, 1.165) is 87.9 Å². The Bertz CT molecular complexity index is 1780. The van der Waals surface area contributed by atoms with Crippen molar-refractivity contribution in [2.24, 2.45) is 0 Å². The maximum Gasteiger partial charge on any atom is 0.135 e. The van der Waals surface area contributed by atoms with E-state index in [-0.39, 0.29) is 5.82 Å². The minimum Gasteiger partial charge on any atom is -0.384 e. The molecule has 1 aromatic carbocycles. The molecule has 46 heavy (non-hydrogen) atoms. The van der Waals surface area contributed by atoms with Crippen molar-refractivity contribution in [1.29, 1.82) is 0 Å². The molecule has 7 nitrogen and oxygen atoms in total. The first-order chi connectivity index (χ1) is 22.3. The van der Waals surface area contributed by atoms with Crippen molar-refractivity contribution in [3.05, 3.63) is 114 Å². The number of aromatic amines is 2. The summed E-state index contributed by atoms with van der Waals surface area (Å²) in [6.45, 7) is 16.8. The Morgan fingerprint density at radius 2 is 1.91 bits per heavy atom. The molecule has 0 saturated carbocycles. The fraction of sp³-hybridized carbons (Fsp3) is 0.316. The maximum atomic E-state index is 14.8. The second-order valence-corrected chi connectivity index (χ2v) is 12.2. The van der Waals surface area contributed by atoms with Gasteiger partial charge in [0.05, 0.1) is 16.9 Å². The van der Waals surface area contributed by atoms with Gasteiger partial charge < -0.3 is 15.2 Å². The standard InChI is InChI=1S/C38H46FN7/c1-7-13-32(29-21-30(39)23-31(22-29)40-16-19-45(5)6)33-24-36(41-26(33)4)38-37-35(43-44-38)15-14-34(42-37)28(9-3)20-27(8-2)25-46-17-11-10-12-18-46/h7-9,13-15,20-24,40-41H,1-2,10-12,16-19,25H2,3-6H3,(H,43,44)/b27-20+,28-9+,32-13-. The summed E-state index contributed by atoms with van der Waals surface area (Å²) in [4.78, 5) is 13.2. The smallest absolute Gasteiger partial charge is 0.135 e. The number of hydrogen-bond donors (Lipinski definition) is 3. The number of benzene rings is 1. The van der Waals surface area contributed by atoms with Crippen LogP contribution in [-0.4, -0.2) is 76.8 Å². The van der Waals surface area contributed by atoms with Crippen LogP contribution in [0, 0.1) is 12.7 Å². The van der Waals surface area contributed by atoms with Gasteiger partial charge in [-0.05, 0) is 119 Å². The van der Waals surface area contributed by atoms with Crippen molar-refractivity contribution in [2.45, 2.75) is 33.1 Å². The van der Waals surface area contributed by atoms with Gasteiger partial charge in [-0.2, -0.15) is 5.10 Å². The topological polar surface area (TPSA) is 75.9 Å². The van der Waals surface area contributed by atoms with Crippen LogP contribution in [0.5, 0.6) is 0 Å². The molecule has 4 heterocycles. The van der Waals surface area contributed by atoms with Crippen molar-refractivity contribution < 1.29 is 4.39 Å². The number of pyridine rings is 1. The van der Waals surface area contributed by atoms with E-state index in [4.69, 9.17) is 4.98 Å². The highest BCUT2D eigenvalue weighted by Gasteiger charge is 2.19. The molecule has 0 atom stereocenters. The van der Waals surface area contributed by atoms with Crippen LogP contribution in [0.25, 0.3) is 33.6 Å². The zero-order valence-electron chi connectivity index (χ0n) is 27.6. The number of H-pyrrole nitrogens is 2. The molecule has 3 aromatic heterocycles. The first-order valence-corrected chi connectivity index (χ1v) is 16.1. The van der Waals surface area contributed by atoms with Gasteiger partial charge >= 0.3 is 0 Å². The Hall–Kier alpha value is -4.53. The van der Waals surface area contributed by atoms with E-state index in [9.17, 15) is 4.39 Å². The number of fused-ring (bicyclic) bond motifs is 1. The Kier molecular flexibility index (Phi) is 10.8. The lowest BCUT2D eigenvalue weighted by molar-refractivity contribution is 0.248. The zero-order chi connectivity index (χ0) is 32.6. The number of allylic oxidation sites excluding steroid dienone is 5. The highest BCUT2D eigenvalue weighted by molar-refractivity contribution is 5.92. The first kappa shape index (κ1) is 32.9. The molecule has 0 bridgehead atoms. The third-order valence-electron chi connectivity index (χ3n) is 8.41. The Labute approximate surface area is 272 Å². The van der Waals surface area contributed by atoms with Crippen LogP contribution in [0.15, 0.2) is 85.5 Å². The van der Waals surface area contributed by atoms with Gasteiger partial charge in [0.25, 0.3) is 0 Å². The van der Waals surface area contributed by atoms with Crippen LogP contribution in [0.3, 0.4) is 0 Å². The monoisotopic (exact) mass is 619 g/mol. The number of aromatic nitrogens is 4. The number of nitrogens with zero attached hydrogens (tertiary/aromatic N) is 4. The van der Waals surface area contributed by atoms with Gasteiger partial charge in [0, 0.05) is 36.6 Å². The molecule has 5 rings (SSSR count). The molecule has 0 radical (unpaired) electrons. The normalized spacial score (nSPS) is 15.1. The van der Waals surface area contributed by atoms with Gasteiger partial charge in [0.15, 0.2) is 0 Å². The lowest BCUT2D eigenvalue weighted by Crippen LogP contribution is -2.31. The fourth-order valence-corrected chi connectivity index (χ4v) is 5.99. The Balaban J connectivity index is 1.46. The molecule has 240 valence electrons. The predicted molar refractivity (Wildman–Crippen MR) is 191 cm³/mol. The van der Waals surface area contributed by atoms with Crippen molar-refractivity contribution in [1.82, 2.24) is 30.0 Å². The number of rotatable bonds is 13. The summed E-state index contributed by atoms with van der Waals surface area (Å²) in [7, 11) is 4.03. The summed E-state index contributed by atoms with van der Waals surface area (Å²) >= 11 is 0. The molecule has 0 aliphatic carbocycles. The first-order valence-electron chi connectivity index (χ1n) is 16.1. The molecule has 4 aromatic rings. The van der Waals surface area contributed by atoms with Crippen molar-refractivity contribution in [3.8, 4) is 11.4 Å². The van der Waals surface area contributed by atoms with Gasteiger partial charge in [0.1, 0.15) is 17.0 Å². The van der Waals surface area contributed by atoms with Crippen LogP contribution in [0.1, 0.15) is 48.7 Å². The quantitative estimate of drug-likeness (QED) is 0.132. The number of aryl methyl sites for hydroxylation is 1. The van der Waals surface area contributed by atoms with Crippen molar-refractivity contribution >= 4 is 27.9 Å². The van der Waals surface area contributed by atoms with Crippen LogP contribution in [0.4, 0.5) is 10.1 Å². The molecule has 1 aliphatic rings. The van der Waals surface area contributed by atoms with E-state index in [1.165, 1.54) is 30.9 Å². The average Bonchev–Trinajstić information content (AvgIpc) is 3.64. The molecule has 1 fully saturated rings. The average molecular weight is 620 g/mol. The van der Waals surface area contributed by atoms with E-state index in [0.29, 0.717) is 6.54 Å². The molecule has 1 saturated heterocycles. The van der Waals surface area contributed by atoms with Crippen LogP contribution in [-0.2, 0) is 0 Å². The summed E-state index contributed by atoms with van der Waals surface area (Å²) in [5.74, 6) is -0.298. The van der Waals surface area contributed by atoms with E-state index in [2.05, 4.69) is 61.7 Å². The van der Waals surface area contributed by atoms with Crippen molar-refractivity contribution in [2.75, 3.05) is 52.1 Å². The maximum absolute atomic E-state index is 14.8. The lowest BCUT2D eigenvalue weighted by Gasteiger charge is -2.26. The van der Waals surface area contributed by atoms with E-state index in [1.54, 1.807) is 12.1 Å². The van der Waals surface area contributed by atoms with Gasteiger partial charge in [-0.15, -0.1) is 0 Å². The van der Waals surface area contributed by atoms with Gasteiger partial charge in [0.2, 0.25) is 0 Å². The Morgan fingerprint density at radius 1 is 1.11 bits per heavy atom. The minimum absolute atomic E-state index is 0.298. The van der Waals surface area contributed by atoms with E-state index in [1.807, 2.05) is 58.3 Å². The van der Waals surface area contributed by atoms with Crippen LogP contribution in [0.2, 0.25) is 0 Å². The second kappa shape index (κ2) is 15.2. The third kappa shape index (κ3) is 7.81. The van der Waals surface area contributed by atoms with Gasteiger partial charge in [-0.1, -0.05) is 43.9 Å². The Morgan fingerprint density at radius 3 is 2.63 bits per heavy atom. The molecule has 3 N–H and O–H groups in total.